The van der Waals surface area contributed by atoms with E-state index in [9.17, 15) is 14.0 Å². The number of nitrogens with zero attached hydrogens (tertiary/aromatic N) is 2. The van der Waals surface area contributed by atoms with E-state index < -0.39 is 11.8 Å². The molecule has 0 fully saturated rings. The molecule has 26 heavy (non-hydrogen) atoms. The van der Waals surface area contributed by atoms with E-state index in [0.29, 0.717) is 17.2 Å². The summed E-state index contributed by atoms with van der Waals surface area (Å²) in [7, 11) is 0. The summed E-state index contributed by atoms with van der Waals surface area (Å²) >= 11 is 0. The first-order valence-corrected chi connectivity index (χ1v) is 8.00. The molecule has 1 aromatic heterocycles. The number of amides is 1. The quantitative estimate of drug-likeness (QED) is 0.759. The fraction of sp³-hybridized carbons (Fsp3) is 0.105. The van der Waals surface area contributed by atoms with Gasteiger partial charge >= 0.3 is 5.97 Å². The van der Waals surface area contributed by atoms with Gasteiger partial charge in [-0.1, -0.05) is 24.3 Å². The molecule has 1 unspecified atom stereocenters. The topological polar surface area (TPSA) is 84.2 Å². The van der Waals surface area contributed by atoms with Gasteiger partial charge in [0.05, 0.1) is 16.9 Å². The van der Waals surface area contributed by atoms with Crippen molar-refractivity contribution in [3.8, 4) is 5.69 Å². The standard InChI is InChI=1S/C19H14FN3O3/c20-14-3-1-2-4-15(14)23-10-21-17-13(9-16(24)22-18(17)23)11-5-7-12(8-6-11)19(25)26/h1-8,10,13H,9H2,(H,22,24)(H,25,26). The summed E-state index contributed by atoms with van der Waals surface area (Å²) in [6.07, 6.45) is 1.67. The summed E-state index contributed by atoms with van der Waals surface area (Å²) < 4.78 is 15.7. The fourth-order valence-electron chi connectivity index (χ4n) is 3.17. The van der Waals surface area contributed by atoms with Gasteiger partial charge in [-0.05, 0) is 29.8 Å². The van der Waals surface area contributed by atoms with Crippen LogP contribution in [0.25, 0.3) is 5.69 Å². The van der Waals surface area contributed by atoms with Crippen molar-refractivity contribution in [2.45, 2.75) is 12.3 Å². The van der Waals surface area contributed by atoms with Crippen molar-refractivity contribution >= 4 is 17.7 Å². The molecule has 1 atom stereocenters. The van der Waals surface area contributed by atoms with Gasteiger partial charge in [0.2, 0.25) is 5.91 Å². The SMILES string of the molecule is O=C1CC(c2ccc(C(=O)O)cc2)c2ncn(-c3ccccc3F)c2N1. The van der Waals surface area contributed by atoms with E-state index in [0.717, 1.165) is 5.56 Å². The van der Waals surface area contributed by atoms with Gasteiger partial charge in [-0.15, -0.1) is 0 Å². The number of carbonyl (C=O) groups excluding carboxylic acids is 1. The number of hydrogen-bond acceptors (Lipinski definition) is 3. The van der Waals surface area contributed by atoms with Gasteiger partial charge < -0.3 is 10.4 Å². The zero-order chi connectivity index (χ0) is 18.3. The largest absolute Gasteiger partial charge is 0.478 e. The Bertz CT molecular complexity index is 1010. The molecule has 1 aliphatic rings. The number of carboxylic acid groups (broad SMARTS) is 1. The van der Waals surface area contributed by atoms with Crippen LogP contribution >= 0.6 is 0 Å². The molecule has 1 amide bonds. The number of carboxylic acids is 1. The maximum atomic E-state index is 14.1. The lowest BCUT2D eigenvalue weighted by Gasteiger charge is -2.23. The van der Waals surface area contributed by atoms with E-state index in [4.69, 9.17) is 5.11 Å². The molecule has 0 spiro atoms. The molecule has 0 aliphatic carbocycles. The van der Waals surface area contributed by atoms with Crippen molar-refractivity contribution in [2.75, 3.05) is 5.32 Å². The number of aromatic nitrogens is 2. The number of nitrogens with one attached hydrogen (secondary N) is 1. The molecule has 4 rings (SSSR count). The Labute approximate surface area is 147 Å². The second-order valence-electron chi connectivity index (χ2n) is 6.03. The lowest BCUT2D eigenvalue weighted by Crippen LogP contribution is -2.25. The van der Waals surface area contributed by atoms with Crippen LogP contribution in [0.1, 0.15) is 34.0 Å². The zero-order valence-corrected chi connectivity index (χ0v) is 13.5. The molecule has 0 radical (unpaired) electrons. The number of carbonyl (C=O) groups is 2. The minimum Gasteiger partial charge on any atom is -0.478 e. The van der Waals surface area contributed by atoms with E-state index in [1.54, 1.807) is 30.3 Å². The number of imidazole rings is 1. The van der Waals surface area contributed by atoms with Gasteiger partial charge in [-0.2, -0.15) is 0 Å². The average molecular weight is 351 g/mol. The van der Waals surface area contributed by atoms with E-state index in [1.165, 1.54) is 29.1 Å². The van der Waals surface area contributed by atoms with Crippen LogP contribution in [0.5, 0.6) is 0 Å². The van der Waals surface area contributed by atoms with Crippen molar-refractivity contribution in [2.24, 2.45) is 0 Å². The highest BCUT2D eigenvalue weighted by Crippen LogP contribution is 2.37. The monoisotopic (exact) mass is 351 g/mol. The van der Waals surface area contributed by atoms with Gasteiger partial charge in [0.25, 0.3) is 0 Å². The number of aromatic carboxylic acids is 1. The summed E-state index contributed by atoms with van der Waals surface area (Å²) in [6.45, 7) is 0. The van der Waals surface area contributed by atoms with Gasteiger partial charge in [-0.25, -0.2) is 14.2 Å². The van der Waals surface area contributed by atoms with Crippen LogP contribution < -0.4 is 5.32 Å². The highest BCUT2D eigenvalue weighted by atomic mass is 19.1. The summed E-state index contributed by atoms with van der Waals surface area (Å²) in [4.78, 5) is 27.6. The number of fused-ring (bicyclic) bond motifs is 1. The van der Waals surface area contributed by atoms with Crippen LogP contribution in [0.15, 0.2) is 54.9 Å². The van der Waals surface area contributed by atoms with Crippen molar-refractivity contribution < 1.29 is 19.1 Å². The van der Waals surface area contributed by atoms with Crippen LogP contribution in [0.2, 0.25) is 0 Å². The molecule has 7 heteroatoms. The highest BCUT2D eigenvalue weighted by Gasteiger charge is 2.31. The predicted molar refractivity (Wildman–Crippen MR) is 92.0 cm³/mol. The van der Waals surface area contributed by atoms with Crippen LogP contribution in [0.4, 0.5) is 10.2 Å². The van der Waals surface area contributed by atoms with E-state index in [1.807, 2.05) is 0 Å². The molecular formula is C19H14FN3O3. The number of benzene rings is 2. The maximum absolute atomic E-state index is 14.1. The molecule has 2 heterocycles. The first kappa shape index (κ1) is 16.0. The summed E-state index contributed by atoms with van der Waals surface area (Å²) in [5, 5.41) is 11.8. The van der Waals surface area contributed by atoms with Crippen LogP contribution in [-0.4, -0.2) is 26.5 Å². The molecule has 0 saturated carbocycles. The Morgan fingerprint density at radius 3 is 2.62 bits per heavy atom. The minimum atomic E-state index is -1.01. The number of rotatable bonds is 3. The average Bonchev–Trinajstić information content (AvgIpc) is 3.05. The lowest BCUT2D eigenvalue weighted by molar-refractivity contribution is -0.116. The second kappa shape index (κ2) is 6.11. The van der Waals surface area contributed by atoms with E-state index in [-0.39, 0.29) is 23.8 Å². The first-order chi connectivity index (χ1) is 12.5. The predicted octanol–water partition coefficient (Wildman–Crippen LogP) is 3.18. The summed E-state index contributed by atoms with van der Waals surface area (Å²) in [5.74, 6) is -1.53. The Balaban J connectivity index is 1.79. The molecule has 0 bridgehead atoms. The lowest BCUT2D eigenvalue weighted by atomic mass is 9.89. The smallest absolute Gasteiger partial charge is 0.335 e. The normalized spacial score (nSPS) is 16.0. The highest BCUT2D eigenvalue weighted by molar-refractivity contribution is 5.94. The first-order valence-electron chi connectivity index (χ1n) is 8.00. The zero-order valence-electron chi connectivity index (χ0n) is 13.5. The molecule has 3 aromatic rings. The van der Waals surface area contributed by atoms with E-state index in [2.05, 4.69) is 10.3 Å². The van der Waals surface area contributed by atoms with Crippen molar-refractivity contribution in [3.63, 3.8) is 0 Å². The Kier molecular flexibility index (Phi) is 3.76. The summed E-state index contributed by atoms with van der Waals surface area (Å²) in [5.41, 5.74) is 1.87. The Hall–Kier alpha value is -3.48. The molecule has 6 nitrogen and oxygen atoms in total. The van der Waals surface area contributed by atoms with Crippen LogP contribution in [0.3, 0.4) is 0 Å². The third-order valence-corrected chi connectivity index (χ3v) is 4.45. The van der Waals surface area contributed by atoms with Crippen molar-refractivity contribution in [1.29, 1.82) is 0 Å². The Morgan fingerprint density at radius 1 is 1.19 bits per heavy atom. The van der Waals surface area contributed by atoms with Gasteiger partial charge in [0.15, 0.2) is 0 Å². The van der Waals surface area contributed by atoms with Crippen molar-refractivity contribution in [3.05, 3.63) is 77.5 Å². The van der Waals surface area contributed by atoms with Crippen LogP contribution in [0, 0.1) is 5.82 Å². The molecule has 1 aliphatic heterocycles. The number of para-hydroxylation sites is 1. The van der Waals surface area contributed by atoms with Crippen LogP contribution in [-0.2, 0) is 4.79 Å². The summed E-state index contributed by atoms with van der Waals surface area (Å²) in [6, 6.07) is 12.6. The third kappa shape index (κ3) is 2.63. The minimum absolute atomic E-state index is 0.172. The molecule has 2 aromatic carbocycles. The maximum Gasteiger partial charge on any atom is 0.335 e. The third-order valence-electron chi connectivity index (χ3n) is 4.45. The number of anilines is 1. The van der Waals surface area contributed by atoms with Gasteiger partial charge in [0.1, 0.15) is 18.0 Å². The second-order valence-corrected chi connectivity index (χ2v) is 6.03. The number of hydrogen-bond donors (Lipinski definition) is 2. The van der Waals surface area contributed by atoms with E-state index >= 15 is 0 Å². The van der Waals surface area contributed by atoms with Gasteiger partial charge in [0, 0.05) is 12.3 Å². The van der Waals surface area contributed by atoms with Crippen molar-refractivity contribution in [1.82, 2.24) is 9.55 Å². The fourth-order valence-corrected chi connectivity index (χ4v) is 3.17. The van der Waals surface area contributed by atoms with Gasteiger partial charge in [-0.3, -0.25) is 9.36 Å². The Morgan fingerprint density at radius 2 is 1.92 bits per heavy atom. The molecular weight excluding hydrogens is 337 g/mol. The molecule has 130 valence electrons. The molecule has 0 saturated heterocycles. The molecule has 2 N–H and O–H groups in total. The number of halogens is 1.